The van der Waals surface area contributed by atoms with Crippen molar-refractivity contribution in [2.75, 3.05) is 25.5 Å². The van der Waals surface area contributed by atoms with Crippen molar-refractivity contribution in [3.63, 3.8) is 0 Å². The molecule has 0 aromatic carbocycles. The van der Waals surface area contributed by atoms with E-state index in [1.54, 1.807) is 17.0 Å². The lowest BCUT2D eigenvalue weighted by Crippen LogP contribution is -2.59. The van der Waals surface area contributed by atoms with E-state index in [2.05, 4.69) is 21.7 Å². The minimum atomic E-state index is -1.43. The molecule has 38 heavy (non-hydrogen) atoms. The molecule has 5 rings (SSSR count). The quantitative estimate of drug-likeness (QED) is 0.602. The minimum Gasteiger partial charge on any atom is -0.472 e. The molecule has 4 atom stereocenters. The van der Waals surface area contributed by atoms with E-state index >= 15 is 0 Å². The second-order valence-corrected chi connectivity index (χ2v) is 11.8. The highest BCUT2D eigenvalue weighted by Crippen LogP contribution is 2.55. The number of hydrogen-bond donors (Lipinski definition) is 2. The summed E-state index contributed by atoms with van der Waals surface area (Å²) in [5.41, 5.74) is -2.23. The number of nitrogens with one attached hydrogen (secondary N) is 2. The molecule has 0 radical (unpaired) electrons. The Morgan fingerprint density at radius 1 is 1.26 bits per heavy atom. The molecular formula is C26H32N6O6. The summed E-state index contributed by atoms with van der Waals surface area (Å²) in [4.78, 5) is 60.1. The van der Waals surface area contributed by atoms with E-state index in [9.17, 15) is 24.4 Å². The third kappa shape index (κ3) is 4.29. The van der Waals surface area contributed by atoms with Crippen molar-refractivity contribution in [3.8, 4) is 11.8 Å². The van der Waals surface area contributed by atoms with Gasteiger partial charge in [-0.2, -0.15) is 5.26 Å². The van der Waals surface area contributed by atoms with Crippen LogP contribution in [0.5, 0.6) is 5.75 Å². The number of anilines is 1. The Hall–Kier alpha value is -3.88. The SMILES string of the molecule is COC(=O)N[C@H](C(=O)N1CC2(CC2)C[C@H]1C(=O)N1C[C@@]2(C[C@H]1C#N)Oc1cccnc1NC2=O)C(C)(C)C. The zero-order valence-electron chi connectivity index (χ0n) is 21.9. The monoisotopic (exact) mass is 524 g/mol. The first kappa shape index (κ1) is 25.8. The largest absolute Gasteiger partial charge is 0.472 e. The molecule has 1 aliphatic carbocycles. The molecule has 4 amide bonds. The fourth-order valence-corrected chi connectivity index (χ4v) is 5.73. The summed E-state index contributed by atoms with van der Waals surface area (Å²) in [6.07, 6.45) is 3.05. The molecule has 4 heterocycles. The second kappa shape index (κ2) is 8.85. The first-order chi connectivity index (χ1) is 17.9. The highest BCUT2D eigenvalue weighted by atomic mass is 16.5. The number of aromatic nitrogens is 1. The third-order valence-corrected chi connectivity index (χ3v) is 8.07. The maximum Gasteiger partial charge on any atom is 0.407 e. The number of methoxy groups -OCH3 is 1. The Balaban J connectivity index is 1.42. The van der Waals surface area contributed by atoms with E-state index in [0.29, 0.717) is 18.7 Å². The number of nitriles is 1. The molecule has 3 fully saturated rings. The van der Waals surface area contributed by atoms with Crippen molar-refractivity contribution >= 4 is 29.6 Å². The Labute approximate surface area is 220 Å². The summed E-state index contributed by atoms with van der Waals surface area (Å²) in [5.74, 6) is -0.582. The Morgan fingerprint density at radius 3 is 2.63 bits per heavy atom. The summed E-state index contributed by atoms with van der Waals surface area (Å²) >= 11 is 0. The van der Waals surface area contributed by atoms with Gasteiger partial charge >= 0.3 is 6.09 Å². The minimum absolute atomic E-state index is 0.00424. The van der Waals surface area contributed by atoms with Crippen molar-refractivity contribution in [2.45, 2.75) is 70.2 Å². The van der Waals surface area contributed by atoms with Crippen LogP contribution in [0.1, 0.15) is 46.5 Å². The van der Waals surface area contributed by atoms with Crippen LogP contribution in [0.4, 0.5) is 10.6 Å². The van der Waals surface area contributed by atoms with Gasteiger partial charge in [-0.05, 0) is 42.2 Å². The number of fused-ring (bicyclic) bond motifs is 1. The number of pyridine rings is 1. The summed E-state index contributed by atoms with van der Waals surface area (Å²) in [5, 5.41) is 15.3. The maximum absolute atomic E-state index is 14.0. The molecule has 12 heteroatoms. The van der Waals surface area contributed by atoms with E-state index in [-0.39, 0.29) is 30.1 Å². The van der Waals surface area contributed by atoms with Crippen LogP contribution >= 0.6 is 0 Å². The highest BCUT2D eigenvalue weighted by Gasteiger charge is 2.61. The molecule has 3 aliphatic heterocycles. The zero-order valence-corrected chi connectivity index (χ0v) is 21.9. The van der Waals surface area contributed by atoms with Gasteiger partial charge in [0.2, 0.25) is 17.4 Å². The van der Waals surface area contributed by atoms with Crippen molar-refractivity contribution in [3.05, 3.63) is 18.3 Å². The number of amides is 4. The molecule has 2 N–H and O–H groups in total. The van der Waals surface area contributed by atoms with Crippen molar-refractivity contribution < 1.29 is 28.7 Å². The van der Waals surface area contributed by atoms with Gasteiger partial charge < -0.3 is 29.9 Å². The van der Waals surface area contributed by atoms with Crippen LogP contribution < -0.4 is 15.4 Å². The van der Waals surface area contributed by atoms with Crippen LogP contribution in [0.15, 0.2) is 18.3 Å². The van der Waals surface area contributed by atoms with Crippen LogP contribution in [0.25, 0.3) is 0 Å². The molecule has 1 aromatic rings. The third-order valence-electron chi connectivity index (χ3n) is 8.07. The standard InChI is InChI=1S/C26H32N6O6/c1-24(2,3)18(29-23(36)37-4)21(34)32-13-25(7-8-25)11-16(32)20(33)31-14-26(10-15(31)12-27)22(35)30-19-17(38-26)6-5-9-28-19/h5-6,9,15-16,18H,7-8,10-11,13-14H2,1-4H3,(H,29,36)(H,28,30,35)/t15-,16-,18+,26+/m0/s1. The van der Waals surface area contributed by atoms with Gasteiger partial charge in [-0.3, -0.25) is 14.4 Å². The van der Waals surface area contributed by atoms with E-state index in [1.165, 1.54) is 18.2 Å². The molecule has 0 bridgehead atoms. The van der Waals surface area contributed by atoms with Crippen molar-refractivity contribution in [1.82, 2.24) is 20.1 Å². The summed E-state index contributed by atoms with van der Waals surface area (Å²) in [7, 11) is 1.23. The predicted octanol–water partition coefficient (Wildman–Crippen LogP) is 1.43. The Morgan fingerprint density at radius 2 is 2.00 bits per heavy atom. The van der Waals surface area contributed by atoms with E-state index in [4.69, 9.17) is 9.47 Å². The lowest BCUT2D eigenvalue weighted by Gasteiger charge is -2.36. The predicted molar refractivity (Wildman–Crippen MR) is 133 cm³/mol. The number of likely N-dealkylation sites (tertiary alicyclic amines) is 2. The maximum atomic E-state index is 14.0. The lowest BCUT2D eigenvalue weighted by atomic mass is 9.85. The van der Waals surface area contributed by atoms with Gasteiger partial charge in [-0.25, -0.2) is 9.78 Å². The van der Waals surface area contributed by atoms with Gasteiger partial charge in [0.25, 0.3) is 5.91 Å². The molecule has 2 spiro atoms. The number of ether oxygens (including phenoxy) is 2. The molecule has 0 unspecified atom stereocenters. The topological polar surface area (TPSA) is 154 Å². The molecule has 12 nitrogen and oxygen atoms in total. The molecular weight excluding hydrogens is 492 g/mol. The highest BCUT2D eigenvalue weighted by molar-refractivity contribution is 6.01. The smallest absolute Gasteiger partial charge is 0.407 e. The van der Waals surface area contributed by atoms with Gasteiger partial charge in [0.1, 0.15) is 18.1 Å². The average Bonchev–Trinajstić information content (AvgIpc) is 3.36. The summed E-state index contributed by atoms with van der Waals surface area (Å²) in [6.45, 7) is 5.75. The van der Waals surface area contributed by atoms with E-state index in [1.807, 2.05) is 20.8 Å². The van der Waals surface area contributed by atoms with Crippen molar-refractivity contribution in [2.24, 2.45) is 10.8 Å². The van der Waals surface area contributed by atoms with Gasteiger partial charge in [0, 0.05) is 19.2 Å². The van der Waals surface area contributed by atoms with E-state index in [0.717, 1.165) is 12.8 Å². The Bertz CT molecular complexity index is 1230. The molecule has 202 valence electrons. The molecule has 4 aliphatic rings. The van der Waals surface area contributed by atoms with Crippen LogP contribution in [0.2, 0.25) is 0 Å². The zero-order chi connectivity index (χ0) is 27.5. The molecule has 1 saturated carbocycles. The Kier molecular flexibility index (Phi) is 6.00. The first-order valence-corrected chi connectivity index (χ1v) is 12.7. The number of hydrogen-bond acceptors (Lipinski definition) is 8. The van der Waals surface area contributed by atoms with Crippen molar-refractivity contribution in [1.29, 1.82) is 5.26 Å². The molecule has 1 aromatic heterocycles. The first-order valence-electron chi connectivity index (χ1n) is 12.7. The van der Waals surface area contributed by atoms with Crippen LogP contribution in [0, 0.1) is 22.2 Å². The summed E-state index contributed by atoms with van der Waals surface area (Å²) in [6, 6.07) is 2.84. The summed E-state index contributed by atoms with van der Waals surface area (Å²) < 4.78 is 10.8. The average molecular weight is 525 g/mol. The van der Waals surface area contributed by atoms with Gasteiger partial charge in [0.05, 0.1) is 19.7 Å². The lowest BCUT2D eigenvalue weighted by molar-refractivity contribution is -0.147. The second-order valence-electron chi connectivity index (χ2n) is 11.8. The van der Waals surface area contributed by atoms with Crippen LogP contribution in [-0.2, 0) is 19.1 Å². The van der Waals surface area contributed by atoms with Crippen LogP contribution in [-0.4, -0.2) is 82.5 Å². The van der Waals surface area contributed by atoms with E-state index < -0.39 is 47.0 Å². The normalized spacial score (nSPS) is 27.7. The number of carbonyl (C=O) groups is 4. The number of carbonyl (C=O) groups excluding carboxylic acids is 4. The van der Waals surface area contributed by atoms with Gasteiger partial charge in [0.15, 0.2) is 11.6 Å². The van der Waals surface area contributed by atoms with Gasteiger partial charge in [-0.15, -0.1) is 0 Å². The fraction of sp³-hybridized carbons (Fsp3) is 0.615. The number of rotatable bonds is 3. The fourth-order valence-electron chi connectivity index (χ4n) is 5.73. The number of nitrogens with zero attached hydrogens (tertiary/aromatic N) is 4. The number of alkyl carbamates (subject to hydrolysis) is 1. The molecule has 2 saturated heterocycles. The van der Waals surface area contributed by atoms with Gasteiger partial charge in [-0.1, -0.05) is 20.8 Å². The van der Waals surface area contributed by atoms with Crippen LogP contribution in [0.3, 0.4) is 0 Å².